The monoisotopic (exact) mass is 164 g/mol. The maximum atomic E-state index is 12.0. The summed E-state index contributed by atoms with van der Waals surface area (Å²) in [5.74, 6) is -0.882. The van der Waals surface area contributed by atoms with Gasteiger partial charge in [-0.2, -0.15) is 13.2 Å². The molecule has 1 aliphatic rings. The van der Waals surface area contributed by atoms with E-state index in [0.717, 1.165) is 0 Å². The maximum Gasteiger partial charge on any atom is 0.395 e. The number of hydrogen-bond acceptors (Lipinski definition) is 0. The number of halogens is 3. The van der Waals surface area contributed by atoms with Crippen molar-refractivity contribution in [3.05, 3.63) is 12.2 Å². The molecule has 0 saturated carbocycles. The van der Waals surface area contributed by atoms with Crippen molar-refractivity contribution in [3.8, 4) is 0 Å². The third-order valence-electron chi connectivity index (χ3n) is 2.03. The van der Waals surface area contributed by atoms with Crippen LogP contribution in [0.4, 0.5) is 13.2 Å². The molecule has 0 nitrogen and oxygen atoms in total. The van der Waals surface area contributed by atoms with E-state index in [9.17, 15) is 13.2 Å². The Morgan fingerprint density at radius 1 is 1.18 bits per heavy atom. The molecule has 11 heavy (non-hydrogen) atoms. The van der Waals surface area contributed by atoms with Crippen LogP contribution in [-0.2, 0) is 0 Å². The lowest BCUT2D eigenvalue weighted by Crippen LogP contribution is -2.23. The number of hydrogen-bond donors (Lipinski definition) is 0. The van der Waals surface area contributed by atoms with Crippen LogP contribution in [0.2, 0.25) is 0 Å². The minimum absolute atomic E-state index is 0.251. The molecule has 1 rings (SSSR count). The molecule has 0 N–H and O–H groups in total. The number of alkyl halides is 3. The first-order valence-corrected chi connectivity index (χ1v) is 3.75. The van der Waals surface area contributed by atoms with Crippen molar-refractivity contribution in [2.24, 2.45) is 11.8 Å². The van der Waals surface area contributed by atoms with Crippen LogP contribution in [0.1, 0.15) is 19.8 Å². The standard InChI is InChI=1S/C8H11F3/c1-6-2-4-7(5-3-6)8(9,10)11/h2,4,6-7H,3,5H2,1H3. The molecule has 0 aromatic rings. The number of allylic oxidation sites excluding steroid dienone is 2. The predicted molar refractivity (Wildman–Crippen MR) is 37.1 cm³/mol. The predicted octanol–water partition coefficient (Wildman–Crippen LogP) is 3.15. The van der Waals surface area contributed by atoms with Crippen molar-refractivity contribution in [1.29, 1.82) is 0 Å². The maximum absolute atomic E-state index is 12.0. The highest BCUT2D eigenvalue weighted by Gasteiger charge is 2.38. The summed E-state index contributed by atoms with van der Waals surface area (Å²) in [6, 6.07) is 0. The fraction of sp³-hybridized carbons (Fsp3) is 0.750. The Labute approximate surface area is 64.1 Å². The van der Waals surface area contributed by atoms with Gasteiger partial charge in [-0.05, 0) is 18.8 Å². The molecule has 0 aromatic heterocycles. The lowest BCUT2D eigenvalue weighted by molar-refractivity contribution is -0.164. The van der Waals surface area contributed by atoms with Gasteiger partial charge in [0, 0.05) is 0 Å². The molecular weight excluding hydrogens is 153 g/mol. The number of rotatable bonds is 0. The molecule has 1 aliphatic carbocycles. The van der Waals surface area contributed by atoms with Gasteiger partial charge >= 0.3 is 6.18 Å². The molecule has 0 amide bonds. The van der Waals surface area contributed by atoms with Gasteiger partial charge in [-0.25, -0.2) is 0 Å². The zero-order valence-electron chi connectivity index (χ0n) is 6.36. The summed E-state index contributed by atoms with van der Waals surface area (Å²) in [6.45, 7) is 1.93. The minimum Gasteiger partial charge on any atom is -0.170 e. The smallest absolute Gasteiger partial charge is 0.170 e. The van der Waals surface area contributed by atoms with E-state index in [1.54, 1.807) is 6.08 Å². The summed E-state index contributed by atoms with van der Waals surface area (Å²) in [4.78, 5) is 0. The van der Waals surface area contributed by atoms with Gasteiger partial charge in [0.15, 0.2) is 0 Å². The van der Waals surface area contributed by atoms with Crippen LogP contribution in [0.15, 0.2) is 12.2 Å². The first-order valence-electron chi connectivity index (χ1n) is 3.75. The fourth-order valence-corrected chi connectivity index (χ4v) is 1.23. The van der Waals surface area contributed by atoms with E-state index in [2.05, 4.69) is 0 Å². The second-order valence-corrected chi connectivity index (χ2v) is 3.09. The van der Waals surface area contributed by atoms with Gasteiger partial charge in [0.1, 0.15) is 0 Å². The Bertz CT molecular complexity index is 157. The van der Waals surface area contributed by atoms with Crippen LogP contribution in [0.25, 0.3) is 0 Å². The highest BCUT2D eigenvalue weighted by molar-refractivity contribution is 4.99. The van der Waals surface area contributed by atoms with E-state index in [1.165, 1.54) is 6.08 Å². The van der Waals surface area contributed by atoms with Crippen LogP contribution in [-0.4, -0.2) is 6.18 Å². The van der Waals surface area contributed by atoms with E-state index in [-0.39, 0.29) is 6.42 Å². The Morgan fingerprint density at radius 3 is 2.18 bits per heavy atom. The highest BCUT2D eigenvalue weighted by atomic mass is 19.4. The summed E-state index contributed by atoms with van der Waals surface area (Å²) in [6.07, 6.45) is -0.186. The molecule has 2 atom stereocenters. The van der Waals surface area contributed by atoms with Crippen molar-refractivity contribution >= 4 is 0 Å². The van der Waals surface area contributed by atoms with Gasteiger partial charge in [-0.15, -0.1) is 0 Å². The largest absolute Gasteiger partial charge is 0.395 e. The van der Waals surface area contributed by atoms with Gasteiger partial charge in [-0.1, -0.05) is 19.1 Å². The second kappa shape index (κ2) is 2.88. The fourth-order valence-electron chi connectivity index (χ4n) is 1.23. The van der Waals surface area contributed by atoms with Crippen LogP contribution in [0, 0.1) is 11.8 Å². The molecule has 0 saturated heterocycles. The lowest BCUT2D eigenvalue weighted by atomic mass is 9.89. The molecule has 2 unspecified atom stereocenters. The highest BCUT2D eigenvalue weighted by Crippen LogP contribution is 2.34. The lowest BCUT2D eigenvalue weighted by Gasteiger charge is -2.22. The van der Waals surface area contributed by atoms with Gasteiger partial charge in [0.25, 0.3) is 0 Å². The molecule has 0 fully saturated rings. The molecule has 0 aliphatic heterocycles. The summed E-state index contributed by atoms with van der Waals surface area (Å²) in [5.41, 5.74) is 0. The summed E-state index contributed by atoms with van der Waals surface area (Å²) >= 11 is 0. The molecule has 0 aromatic carbocycles. The Kier molecular flexibility index (Phi) is 2.25. The van der Waals surface area contributed by atoms with E-state index in [4.69, 9.17) is 0 Å². The van der Waals surface area contributed by atoms with Crippen LogP contribution >= 0.6 is 0 Å². The average molecular weight is 164 g/mol. The summed E-state index contributed by atoms with van der Waals surface area (Å²) in [5, 5.41) is 0. The SMILES string of the molecule is CC1C=CC(C(F)(F)F)CC1. The Hall–Kier alpha value is -0.470. The Morgan fingerprint density at radius 2 is 1.82 bits per heavy atom. The quantitative estimate of drug-likeness (QED) is 0.482. The van der Waals surface area contributed by atoms with Crippen molar-refractivity contribution < 1.29 is 13.2 Å². The van der Waals surface area contributed by atoms with Gasteiger partial charge < -0.3 is 0 Å². The first kappa shape index (κ1) is 8.62. The van der Waals surface area contributed by atoms with Crippen molar-refractivity contribution in [2.45, 2.75) is 25.9 Å². The molecule has 0 radical (unpaired) electrons. The zero-order chi connectivity index (χ0) is 8.48. The topological polar surface area (TPSA) is 0 Å². The molecule has 0 bridgehead atoms. The Balaban J connectivity index is 2.57. The van der Waals surface area contributed by atoms with Gasteiger partial charge in [-0.3, -0.25) is 0 Å². The molecular formula is C8H11F3. The first-order chi connectivity index (χ1) is 5.00. The summed E-state index contributed by atoms with van der Waals surface area (Å²) in [7, 11) is 0. The second-order valence-electron chi connectivity index (χ2n) is 3.09. The van der Waals surface area contributed by atoms with Crippen molar-refractivity contribution in [1.82, 2.24) is 0 Å². The van der Waals surface area contributed by atoms with Crippen LogP contribution in [0.3, 0.4) is 0 Å². The molecule has 0 spiro atoms. The van der Waals surface area contributed by atoms with Gasteiger partial charge in [0.05, 0.1) is 5.92 Å². The van der Waals surface area contributed by atoms with Gasteiger partial charge in [0.2, 0.25) is 0 Å². The molecule has 64 valence electrons. The minimum atomic E-state index is -4.03. The summed E-state index contributed by atoms with van der Waals surface area (Å²) < 4.78 is 36.1. The van der Waals surface area contributed by atoms with E-state index in [1.807, 2.05) is 6.92 Å². The van der Waals surface area contributed by atoms with E-state index in [0.29, 0.717) is 12.3 Å². The molecule has 3 heteroatoms. The van der Waals surface area contributed by atoms with Crippen LogP contribution in [0.5, 0.6) is 0 Å². The van der Waals surface area contributed by atoms with Crippen molar-refractivity contribution in [2.75, 3.05) is 0 Å². The molecule has 0 heterocycles. The van der Waals surface area contributed by atoms with Crippen LogP contribution < -0.4 is 0 Å². The zero-order valence-corrected chi connectivity index (χ0v) is 6.36. The average Bonchev–Trinajstić information content (AvgIpc) is 1.86. The normalized spacial score (nSPS) is 32.4. The van der Waals surface area contributed by atoms with E-state index >= 15 is 0 Å². The van der Waals surface area contributed by atoms with E-state index < -0.39 is 12.1 Å². The third-order valence-corrected chi connectivity index (χ3v) is 2.03. The van der Waals surface area contributed by atoms with Crippen molar-refractivity contribution in [3.63, 3.8) is 0 Å². The third kappa shape index (κ3) is 2.24.